The number of para-hydroxylation sites is 1. The highest BCUT2D eigenvalue weighted by Gasteiger charge is 2.25. The molecule has 1 amide bonds. The first-order chi connectivity index (χ1) is 12.8. The molecular formula is C19H22N2O5S. The lowest BCUT2D eigenvalue weighted by Crippen LogP contribution is -2.38. The average molecular weight is 390 g/mol. The smallest absolute Gasteiger partial charge is 0.245 e. The molecule has 1 aliphatic heterocycles. The van der Waals surface area contributed by atoms with Crippen LogP contribution >= 0.6 is 0 Å². The first-order valence-corrected chi connectivity index (χ1v) is 10.4. The zero-order valence-electron chi connectivity index (χ0n) is 15.5. The zero-order valence-corrected chi connectivity index (χ0v) is 16.3. The maximum absolute atomic E-state index is 12.6. The second-order valence-electron chi connectivity index (χ2n) is 6.32. The highest BCUT2D eigenvalue weighted by molar-refractivity contribution is 7.92. The van der Waals surface area contributed by atoms with E-state index in [2.05, 4.69) is 5.32 Å². The highest BCUT2D eigenvalue weighted by Crippen LogP contribution is 2.34. The van der Waals surface area contributed by atoms with Gasteiger partial charge in [0, 0.05) is 11.8 Å². The Morgan fingerprint density at radius 2 is 1.93 bits per heavy atom. The van der Waals surface area contributed by atoms with E-state index < -0.39 is 15.9 Å². The fourth-order valence-electron chi connectivity index (χ4n) is 3.03. The van der Waals surface area contributed by atoms with Crippen molar-refractivity contribution in [2.24, 2.45) is 0 Å². The number of nitrogens with zero attached hydrogens (tertiary/aromatic N) is 1. The van der Waals surface area contributed by atoms with E-state index in [0.29, 0.717) is 29.3 Å². The number of carbonyl (C=O) groups is 1. The second-order valence-corrected chi connectivity index (χ2v) is 8.23. The number of nitrogens with one attached hydrogen (secondary N) is 1. The van der Waals surface area contributed by atoms with Crippen LogP contribution in [0.1, 0.15) is 18.1 Å². The zero-order chi connectivity index (χ0) is 19.6. The van der Waals surface area contributed by atoms with Gasteiger partial charge in [-0.15, -0.1) is 0 Å². The lowest BCUT2D eigenvalue weighted by molar-refractivity contribution is -0.114. The van der Waals surface area contributed by atoms with Crippen molar-refractivity contribution in [1.82, 2.24) is 0 Å². The number of aryl methyl sites for hydroxylation is 2. The van der Waals surface area contributed by atoms with Crippen LogP contribution in [-0.2, 0) is 21.2 Å². The van der Waals surface area contributed by atoms with Gasteiger partial charge >= 0.3 is 0 Å². The molecule has 0 atom stereocenters. The minimum absolute atomic E-state index is 0.141. The van der Waals surface area contributed by atoms with Crippen LogP contribution in [0.5, 0.6) is 11.5 Å². The molecule has 3 rings (SSSR count). The Labute approximate surface area is 158 Å². The minimum atomic E-state index is -3.64. The van der Waals surface area contributed by atoms with Gasteiger partial charge in [0.2, 0.25) is 22.7 Å². The van der Waals surface area contributed by atoms with E-state index >= 15 is 0 Å². The molecule has 2 aromatic carbocycles. The number of fused-ring (bicyclic) bond motifs is 1. The molecule has 0 saturated carbocycles. The van der Waals surface area contributed by atoms with Crippen molar-refractivity contribution in [3.05, 3.63) is 47.5 Å². The van der Waals surface area contributed by atoms with Crippen LogP contribution in [-0.4, -0.2) is 33.9 Å². The summed E-state index contributed by atoms with van der Waals surface area (Å²) >= 11 is 0. The molecule has 0 bridgehead atoms. The van der Waals surface area contributed by atoms with Gasteiger partial charge in [-0.25, -0.2) is 8.42 Å². The van der Waals surface area contributed by atoms with Gasteiger partial charge in [0.15, 0.2) is 11.5 Å². The summed E-state index contributed by atoms with van der Waals surface area (Å²) in [5, 5.41) is 2.72. The molecule has 144 valence electrons. The first-order valence-electron chi connectivity index (χ1n) is 8.55. The molecular weight excluding hydrogens is 368 g/mol. The average Bonchev–Trinajstić information content (AvgIpc) is 3.06. The van der Waals surface area contributed by atoms with Crippen molar-refractivity contribution in [3.8, 4) is 11.5 Å². The summed E-state index contributed by atoms with van der Waals surface area (Å²) in [7, 11) is -3.64. The summed E-state index contributed by atoms with van der Waals surface area (Å²) in [5.74, 6) is 0.711. The number of sulfonamides is 1. The maximum Gasteiger partial charge on any atom is 0.245 e. The molecule has 0 radical (unpaired) electrons. The predicted octanol–water partition coefficient (Wildman–Crippen LogP) is 2.69. The summed E-state index contributed by atoms with van der Waals surface area (Å²) in [6.45, 7) is 3.61. The third kappa shape index (κ3) is 4.16. The molecule has 0 spiro atoms. The number of amides is 1. The number of rotatable bonds is 6. The van der Waals surface area contributed by atoms with Gasteiger partial charge in [0.1, 0.15) is 6.54 Å². The van der Waals surface area contributed by atoms with Gasteiger partial charge < -0.3 is 14.8 Å². The van der Waals surface area contributed by atoms with Crippen molar-refractivity contribution in [2.45, 2.75) is 20.3 Å². The molecule has 0 unspecified atom stereocenters. The second kappa shape index (κ2) is 7.48. The number of ether oxygens (including phenoxy) is 2. The Balaban J connectivity index is 1.85. The van der Waals surface area contributed by atoms with Crippen LogP contribution < -0.4 is 19.1 Å². The molecule has 0 aromatic heterocycles. The van der Waals surface area contributed by atoms with E-state index in [1.54, 1.807) is 18.2 Å². The number of benzene rings is 2. The quantitative estimate of drug-likeness (QED) is 0.820. The van der Waals surface area contributed by atoms with E-state index in [-0.39, 0.29) is 13.3 Å². The Kier molecular flexibility index (Phi) is 5.27. The van der Waals surface area contributed by atoms with Crippen molar-refractivity contribution in [3.63, 3.8) is 0 Å². The third-order valence-electron chi connectivity index (χ3n) is 4.30. The topological polar surface area (TPSA) is 84.9 Å². The molecule has 27 heavy (non-hydrogen) atoms. The van der Waals surface area contributed by atoms with E-state index in [0.717, 1.165) is 21.7 Å². The van der Waals surface area contributed by atoms with Crippen molar-refractivity contribution in [2.75, 3.05) is 29.2 Å². The Morgan fingerprint density at radius 1 is 1.19 bits per heavy atom. The maximum atomic E-state index is 12.6. The summed E-state index contributed by atoms with van der Waals surface area (Å²) in [6.07, 6.45) is 1.76. The summed E-state index contributed by atoms with van der Waals surface area (Å²) in [4.78, 5) is 12.6. The number of carbonyl (C=O) groups excluding carboxylic acids is 1. The molecule has 2 aromatic rings. The Bertz CT molecular complexity index is 972. The highest BCUT2D eigenvalue weighted by atomic mass is 32.2. The standard InChI is InChI=1S/C19H22N2O5S/c1-4-14-7-5-6-13(2)19(14)21(27(3,23)24)11-18(22)20-15-8-9-16-17(10-15)26-12-25-16/h5-10H,4,11-12H2,1-3H3,(H,20,22). The molecule has 1 N–H and O–H groups in total. The van der Waals surface area contributed by atoms with E-state index in [1.165, 1.54) is 0 Å². The summed E-state index contributed by atoms with van der Waals surface area (Å²) in [5.41, 5.74) is 2.74. The van der Waals surface area contributed by atoms with Gasteiger partial charge in [0.25, 0.3) is 0 Å². The summed E-state index contributed by atoms with van der Waals surface area (Å²) in [6, 6.07) is 10.6. The third-order valence-corrected chi connectivity index (χ3v) is 5.41. The van der Waals surface area contributed by atoms with E-state index in [1.807, 2.05) is 32.0 Å². The van der Waals surface area contributed by atoms with Gasteiger partial charge in [-0.2, -0.15) is 0 Å². The molecule has 1 heterocycles. The van der Waals surface area contributed by atoms with Crippen LogP contribution in [0.3, 0.4) is 0 Å². The lowest BCUT2D eigenvalue weighted by Gasteiger charge is -2.26. The van der Waals surface area contributed by atoms with E-state index in [9.17, 15) is 13.2 Å². The lowest BCUT2D eigenvalue weighted by atomic mass is 10.1. The fourth-order valence-corrected chi connectivity index (χ4v) is 3.97. The Hall–Kier alpha value is -2.74. The van der Waals surface area contributed by atoms with Crippen molar-refractivity contribution >= 4 is 27.3 Å². The van der Waals surface area contributed by atoms with Crippen LogP contribution in [0.15, 0.2) is 36.4 Å². The molecule has 1 aliphatic rings. The molecule has 0 saturated heterocycles. The normalized spacial score (nSPS) is 12.7. The van der Waals surface area contributed by atoms with Crippen LogP contribution in [0, 0.1) is 6.92 Å². The monoisotopic (exact) mass is 390 g/mol. The summed E-state index contributed by atoms with van der Waals surface area (Å²) < 4.78 is 36.5. The SMILES string of the molecule is CCc1cccc(C)c1N(CC(=O)Nc1ccc2c(c1)OCO2)S(C)(=O)=O. The molecule has 0 aliphatic carbocycles. The molecule has 0 fully saturated rings. The van der Waals surface area contributed by atoms with E-state index in [4.69, 9.17) is 9.47 Å². The van der Waals surface area contributed by atoms with Crippen LogP contribution in [0.2, 0.25) is 0 Å². The van der Waals surface area contributed by atoms with Gasteiger partial charge in [-0.1, -0.05) is 25.1 Å². The predicted molar refractivity (Wildman–Crippen MR) is 104 cm³/mol. The van der Waals surface area contributed by atoms with Gasteiger partial charge in [0.05, 0.1) is 11.9 Å². The number of anilines is 2. The van der Waals surface area contributed by atoms with Crippen molar-refractivity contribution < 1.29 is 22.7 Å². The number of hydrogen-bond acceptors (Lipinski definition) is 5. The van der Waals surface area contributed by atoms with Crippen LogP contribution in [0.25, 0.3) is 0 Å². The van der Waals surface area contributed by atoms with Gasteiger partial charge in [-0.3, -0.25) is 9.10 Å². The molecule has 8 heteroatoms. The first kappa shape index (κ1) is 19.0. The largest absolute Gasteiger partial charge is 0.454 e. The minimum Gasteiger partial charge on any atom is -0.454 e. The van der Waals surface area contributed by atoms with Crippen molar-refractivity contribution in [1.29, 1.82) is 0 Å². The van der Waals surface area contributed by atoms with Crippen LogP contribution in [0.4, 0.5) is 11.4 Å². The molecule has 7 nitrogen and oxygen atoms in total. The fraction of sp³-hybridized carbons (Fsp3) is 0.316. The Morgan fingerprint density at radius 3 is 2.63 bits per heavy atom. The van der Waals surface area contributed by atoms with Gasteiger partial charge in [-0.05, 0) is 36.6 Å². The number of hydrogen-bond donors (Lipinski definition) is 1.